The van der Waals surface area contributed by atoms with Crippen LogP contribution >= 0.6 is 22.6 Å². The summed E-state index contributed by atoms with van der Waals surface area (Å²) in [5, 5.41) is 8.91. The number of rotatable bonds is 1. The fourth-order valence-corrected chi connectivity index (χ4v) is 1.39. The minimum absolute atomic E-state index is 0.107. The molecule has 0 saturated carbocycles. The molecule has 2 atom stereocenters. The van der Waals surface area contributed by atoms with Crippen molar-refractivity contribution >= 4 is 22.6 Å². The molecule has 0 amide bonds. The van der Waals surface area contributed by atoms with Gasteiger partial charge in [-0.1, -0.05) is 0 Å². The molecule has 3 heteroatoms. The molecule has 0 aromatic carbocycles. The van der Waals surface area contributed by atoms with E-state index in [1.54, 1.807) is 0 Å². The second kappa shape index (κ2) is 2.98. The van der Waals surface area contributed by atoms with Crippen LogP contribution < -0.4 is 0 Å². The summed E-state index contributed by atoms with van der Waals surface area (Å²) < 4.78 is 4.85. The fourth-order valence-electron chi connectivity index (χ4n) is 0.819. The third-order valence-electron chi connectivity index (χ3n) is 1.27. The lowest BCUT2D eigenvalue weighted by atomic mass is 10.2. The van der Waals surface area contributed by atoms with Crippen molar-refractivity contribution in [3.8, 4) is 0 Å². The van der Waals surface area contributed by atoms with Crippen molar-refractivity contribution < 1.29 is 9.84 Å². The van der Waals surface area contributed by atoms with Crippen molar-refractivity contribution in [3.63, 3.8) is 0 Å². The summed E-state index contributed by atoms with van der Waals surface area (Å²) in [6.45, 7) is 0.824. The third-order valence-corrected chi connectivity index (χ3v) is 2.07. The first kappa shape index (κ1) is 6.77. The molecule has 2 nitrogen and oxygen atoms in total. The average molecular weight is 228 g/mol. The lowest BCUT2D eigenvalue weighted by Gasteiger charge is -2.08. The molecule has 0 bridgehead atoms. The minimum Gasteiger partial charge on any atom is -0.380 e. The molecule has 1 rings (SSSR count). The number of ether oxygens (including phenoxy) is 1. The topological polar surface area (TPSA) is 29.5 Å². The summed E-state index contributed by atoms with van der Waals surface area (Å²) in [6.07, 6.45) is 2.23. The third kappa shape index (κ3) is 1.56. The minimum atomic E-state index is -0.310. The molecule has 0 aliphatic carbocycles. The Morgan fingerprint density at radius 1 is 1.75 bits per heavy atom. The number of aliphatic hydroxyl groups excluding tert-OH is 1. The molecule has 48 valence electrons. The van der Waals surface area contributed by atoms with E-state index in [-0.39, 0.29) is 10.2 Å². The average Bonchev–Trinajstić information content (AvgIpc) is 2.12. The van der Waals surface area contributed by atoms with Crippen LogP contribution in [-0.4, -0.2) is 21.9 Å². The molecule has 0 aromatic heterocycles. The zero-order chi connectivity index (χ0) is 5.98. The van der Waals surface area contributed by atoms with Crippen LogP contribution in [0.15, 0.2) is 0 Å². The van der Waals surface area contributed by atoms with Gasteiger partial charge in [0.15, 0.2) is 0 Å². The van der Waals surface area contributed by atoms with Crippen LogP contribution in [0, 0.1) is 0 Å². The van der Waals surface area contributed by atoms with Crippen molar-refractivity contribution in [2.45, 2.75) is 23.1 Å². The van der Waals surface area contributed by atoms with E-state index in [0.717, 1.165) is 19.4 Å². The number of aliphatic hydroxyl groups is 1. The van der Waals surface area contributed by atoms with Gasteiger partial charge in [-0.05, 0) is 35.4 Å². The zero-order valence-electron chi connectivity index (χ0n) is 4.51. The van der Waals surface area contributed by atoms with Crippen LogP contribution in [0.3, 0.4) is 0 Å². The summed E-state index contributed by atoms with van der Waals surface area (Å²) in [7, 11) is 0. The molecule has 1 aliphatic rings. The van der Waals surface area contributed by atoms with E-state index in [1.807, 2.05) is 22.6 Å². The molecule has 1 fully saturated rings. The predicted octanol–water partition coefficient (Wildman–Crippen LogP) is 0.919. The molecule has 0 aromatic rings. The van der Waals surface area contributed by atoms with Crippen LogP contribution in [0.1, 0.15) is 12.8 Å². The predicted molar refractivity (Wildman–Crippen MR) is 39.0 cm³/mol. The Hall–Kier alpha value is 0.650. The Balaban J connectivity index is 2.24. The summed E-state index contributed by atoms with van der Waals surface area (Å²) in [6, 6.07) is 0. The molecule has 1 saturated heterocycles. The highest BCUT2D eigenvalue weighted by atomic mass is 127. The number of alkyl halides is 1. The quantitative estimate of drug-likeness (QED) is 0.534. The summed E-state index contributed by atoms with van der Waals surface area (Å²) >= 11 is 1.98. The number of hydrogen-bond acceptors (Lipinski definition) is 2. The Morgan fingerprint density at radius 3 is 2.75 bits per heavy atom. The van der Waals surface area contributed by atoms with Crippen molar-refractivity contribution in [1.82, 2.24) is 0 Å². The highest BCUT2D eigenvalue weighted by molar-refractivity contribution is 14.1. The van der Waals surface area contributed by atoms with Gasteiger partial charge in [0, 0.05) is 6.61 Å². The normalized spacial score (nSPS) is 33.0. The molecular weight excluding hydrogens is 219 g/mol. The first-order chi connectivity index (χ1) is 3.80. The maximum atomic E-state index is 8.91. The fraction of sp³-hybridized carbons (Fsp3) is 1.00. The van der Waals surface area contributed by atoms with Gasteiger partial charge in [-0.3, -0.25) is 0 Å². The largest absolute Gasteiger partial charge is 0.380 e. The highest BCUT2D eigenvalue weighted by Gasteiger charge is 2.20. The van der Waals surface area contributed by atoms with Crippen LogP contribution in [0.4, 0.5) is 0 Å². The van der Waals surface area contributed by atoms with E-state index in [2.05, 4.69) is 0 Å². The van der Waals surface area contributed by atoms with E-state index in [9.17, 15) is 0 Å². The molecule has 0 radical (unpaired) electrons. The Labute approximate surface area is 62.4 Å². The number of halogens is 1. The van der Waals surface area contributed by atoms with E-state index >= 15 is 0 Å². The Morgan fingerprint density at radius 2 is 2.50 bits per heavy atom. The van der Waals surface area contributed by atoms with Gasteiger partial charge in [0.05, 0.1) is 6.10 Å². The summed E-state index contributed by atoms with van der Waals surface area (Å²) in [5.41, 5.74) is 0. The molecule has 8 heavy (non-hydrogen) atoms. The second-order valence-corrected chi connectivity index (χ2v) is 3.20. The van der Waals surface area contributed by atoms with E-state index in [4.69, 9.17) is 9.84 Å². The van der Waals surface area contributed by atoms with Crippen LogP contribution in [0.5, 0.6) is 0 Å². The van der Waals surface area contributed by atoms with Crippen molar-refractivity contribution in [3.05, 3.63) is 0 Å². The number of hydrogen-bond donors (Lipinski definition) is 1. The van der Waals surface area contributed by atoms with Crippen LogP contribution in [0.25, 0.3) is 0 Å². The van der Waals surface area contributed by atoms with Gasteiger partial charge in [-0.25, -0.2) is 0 Å². The summed E-state index contributed by atoms with van der Waals surface area (Å²) in [5.74, 6) is 0. The molecule has 1 unspecified atom stereocenters. The molecule has 1 aliphatic heterocycles. The zero-order valence-corrected chi connectivity index (χ0v) is 6.67. The summed E-state index contributed by atoms with van der Waals surface area (Å²) in [4.78, 5) is 0. The molecule has 0 spiro atoms. The lowest BCUT2D eigenvalue weighted by Crippen LogP contribution is -2.17. The SMILES string of the molecule is O[C@H](I)C1CCCO1. The Bertz CT molecular complexity index is 68.8. The monoisotopic (exact) mass is 228 g/mol. The Kier molecular flexibility index (Phi) is 2.52. The van der Waals surface area contributed by atoms with Crippen LogP contribution in [0.2, 0.25) is 0 Å². The van der Waals surface area contributed by atoms with Gasteiger partial charge >= 0.3 is 0 Å². The molecule has 1 heterocycles. The smallest absolute Gasteiger partial charge is 0.131 e. The van der Waals surface area contributed by atoms with E-state index in [1.165, 1.54) is 0 Å². The maximum Gasteiger partial charge on any atom is 0.131 e. The first-order valence-corrected chi connectivity index (χ1v) is 3.99. The lowest BCUT2D eigenvalue weighted by molar-refractivity contribution is 0.0498. The highest BCUT2D eigenvalue weighted by Crippen LogP contribution is 2.18. The van der Waals surface area contributed by atoms with Gasteiger partial charge < -0.3 is 9.84 Å². The van der Waals surface area contributed by atoms with Gasteiger partial charge in [0.2, 0.25) is 0 Å². The van der Waals surface area contributed by atoms with E-state index < -0.39 is 0 Å². The van der Waals surface area contributed by atoms with Gasteiger partial charge in [-0.2, -0.15) is 0 Å². The van der Waals surface area contributed by atoms with Crippen molar-refractivity contribution in [1.29, 1.82) is 0 Å². The van der Waals surface area contributed by atoms with Crippen molar-refractivity contribution in [2.75, 3.05) is 6.61 Å². The standard InChI is InChI=1S/C5H9IO2/c6-5(7)4-2-1-3-8-4/h4-5,7H,1-3H2/t4?,5-/m0/s1. The van der Waals surface area contributed by atoms with E-state index in [0.29, 0.717) is 0 Å². The molecule has 1 N–H and O–H groups in total. The first-order valence-electron chi connectivity index (χ1n) is 2.74. The van der Waals surface area contributed by atoms with Gasteiger partial charge in [0.1, 0.15) is 4.11 Å². The van der Waals surface area contributed by atoms with Gasteiger partial charge in [0.25, 0.3) is 0 Å². The second-order valence-electron chi connectivity index (χ2n) is 1.92. The van der Waals surface area contributed by atoms with Crippen molar-refractivity contribution in [2.24, 2.45) is 0 Å². The molecular formula is C5H9IO2. The van der Waals surface area contributed by atoms with Gasteiger partial charge in [-0.15, -0.1) is 0 Å². The van der Waals surface area contributed by atoms with Crippen LogP contribution in [-0.2, 0) is 4.74 Å². The maximum absolute atomic E-state index is 8.91.